The molecule has 0 spiro atoms. The van der Waals surface area contributed by atoms with E-state index in [0.717, 1.165) is 23.7 Å². The first-order valence-electron chi connectivity index (χ1n) is 10.6. The van der Waals surface area contributed by atoms with Crippen LogP contribution in [0.4, 0.5) is 0 Å². The Labute approximate surface area is 148 Å². The molecule has 0 aromatic heterocycles. The van der Waals surface area contributed by atoms with Crippen molar-refractivity contribution in [1.82, 2.24) is 0 Å². The van der Waals surface area contributed by atoms with Gasteiger partial charge in [-0.25, -0.2) is 0 Å². The van der Waals surface area contributed by atoms with Crippen molar-refractivity contribution < 1.29 is 9.84 Å². The quantitative estimate of drug-likeness (QED) is 0.766. The first kappa shape index (κ1) is 17.3. The van der Waals surface area contributed by atoms with E-state index in [1.165, 1.54) is 57.8 Å². The highest BCUT2D eigenvalue weighted by molar-refractivity contribution is 5.09. The third-order valence-corrected chi connectivity index (χ3v) is 9.61. The molecule has 138 valence electrons. The van der Waals surface area contributed by atoms with Gasteiger partial charge in [-0.3, -0.25) is 0 Å². The van der Waals surface area contributed by atoms with Gasteiger partial charge in [-0.05, 0) is 105 Å². The summed E-state index contributed by atoms with van der Waals surface area (Å²) in [6.45, 7) is 7.19. The van der Waals surface area contributed by atoms with E-state index in [4.69, 9.17) is 4.74 Å². The Bertz CT molecular complexity index is 475. The van der Waals surface area contributed by atoms with Gasteiger partial charge < -0.3 is 9.84 Å². The third kappa shape index (κ3) is 2.35. The Morgan fingerprint density at radius 2 is 1.62 bits per heavy atom. The summed E-state index contributed by atoms with van der Waals surface area (Å²) in [5, 5.41) is 10.3. The number of fused-ring (bicyclic) bond motifs is 5. The maximum atomic E-state index is 10.3. The lowest BCUT2D eigenvalue weighted by Gasteiger charge is -2.61. The maximum Gasteiger partial charge on any atom is 0.0574 e. The minimum absolute atomic E-state index is 0.124. The van der Waals surface area contributed by atoms with Crippen LogP contribution in [0.15, 0.2) is 0 Å². The largest absolute Gasteiger partial charge is 0.393 e. The Hall–Kier alpha value is -0.0800. The zero-order valence-corrected chi connectivity index (χ0v) is 16.3. The molecule has 0 heterocycles. The standard InChI is InChI=1S/C22H38O2/c1-14(23)18-7-8-19-17-6-5-15-13-16(24-4)9-11-21(15,2)20(17)10-12-22(18,19)3/h14-20,23H,5-13H2,1-4H3/t14-,15?,16-,17?,18?,19?,20?,21?,22+/m0/s1. The summed E-state index contributed by atoms with van der Waals surface area (Å²) in [4.78, 5) is 0. The van der Waals surface area contributed by atoms with E-state index < -0.39 is 0 Å². The molecule has 4 aliphatic carbocycles. The molecule has 4 aliphatic rings. The second kappa shape index (κ2) is 5.98. The highest BCUT2D eigenvalue weighted by Gasteiger charge is 2.60. The number of rotatable bonds is 2. The van der Waals surface area contributed by atoms with E-state index in [2.05, 4.69) is 13.8 Å². The van der Waals surface area contributed by atoms with Gasteiger partial charge in [0.1, 0.15) is 0 Å². The average molecular weight is 335 g/mol. The summed E-state index contributed by atoms with van der Waals surface area (Å²) in [5.74, 6) is 4.15. The van der Waals surface area contributed by atoms with Crippen LogP contribution in [-0.2, 0) is 4.74 Å². The molecular weight excluding hydrogens is 296 g/mol. The summed E-state index contributed by atoms with van der Waals surface area (Å²) >= 11 is 0. The number of methoxy groups -OCH3 is 1. The number of ether oxygens (including phenoxy) is 1. The SMILES string of the molecule is CO[C@H]1CCC2(C)C(CCC3C2CC[C@@]2(C)C3CCC2[C@H](C)O)C1. The van der Waals surface area contributed by atoms with Gasteiger partial charge >= 0.3 is 0 Å². The van der Waals surface area contributed by atoms with Gasteiger partial charge in [0.25, 0.3) is 0 Å². The van der Waals surface area contributed by atoms with E-state index in [0.29, 0.717) is 22.9 Å². The predicted octanol–water partition coefficient (Wildman–Crippen LogP) is 5.04. The van der Waals surface area contributed by atoms with Crippen molar-refractivity contribution in [2.45, 2.75) is 90.8 Å². The fourth-order valence-electron chi connectivity index (χ4n) is 8.27. The van der Waals surface area contributed by atoms with Crippen LogP contribution in [0.1, 0.15) is 78.6 Å². The normalized spacial score (nSPS) is 55.4. The molecule has 4 fully saturated rings. The van der Waals surface area contributed by atoms with Gasteiger partial charge in [-0.2, -0.15) is 0 Å². The summed E-state index contributed by atoms with van der Waals surface area (Å²) in [6, 6.07) is 0. The lowest BCUT2D eigenvalue weighted by atomic mass is 9.44. The van der Waals surface area contributed by atoms with Crippen LogP contribution in [0.3, 0.4) is 0 Å². The van der Waals surface area contributed by atoms with E-state index in [1.54, 1.807) is 0 Å². The van der Waals surface area contributed by atoms with E-state index in [9.17, 15) is 5.11 Å². The van der Waals surface area contributed by atoms with Crippen LogP contribution in [0.25, 0.3) is 0 Å². The molecule has 0 radical (unpaired) electrons. The molecule has 9 atom stereocenters. The lowest BCUT2D eigenvalue weighted by molar-refractivity contribution is -0.135. The van der Waals surface area contributed by atoms with Crippen molar-refractivity contribution in [3.63, 3.8) is 0 Å². The van der Waals surface area contributed by atoms with Crippen molar-refractivity contribution in [3.8, 4) is 0 Å². The molecule has 0 amide bonds. The second-order valence-corrected chi connectivity index (χ2v) is 10.3. The van der Waals surface area contributed by atoms with Crippen LogP contribution in [0.5, 0.6) is 0 Å². The van der Waals surface area contributed by atoms with Crippen LogP contribution < -0.4 is 0 Å². The molecule has 4 saturated carbocycles. The van der Waals surface area contributed by atoms with E-state index in [-0.39, 0.29) is 6.10 Å². The minimum Gasteiger partial charge on any atom is -0.393 e. The Kier molecular flexibility index (Phi) is 4.32. The van der Waals surface area contributed by atoms with Crippen molar-refractivity contribution in [1.29, 1.82) is 0 Å². The monoisotopic (exact) mass is 334 g/mol. The molecule has 4 rings (SSSR count). The molecule has 1 N–H and O–H groups in total. The molecule has 0 aliphatic heterocycles. The number of hydrogen-bond acceptors (Lipinski definition) is 2. The van der Waals surface area contributed by atoms with Crippen LogP contribution in [0, 0.1) is 40.4 Å². The Morgan fingerprint density at radius 3 is 2.33 bits per heavy atom. The summed E-state index contributed by atoms with van der Waals surface area (Å²) in [7, 11) is 1.90. The van der Waals surface area contributed by atoms with Crippen LogP contribution in [0.2, 0.25) is 0 Å². The fraction of sp³-hybridized carbons (Fsp3) is 1.00. The minimum atomic E-state index is -0.124. The summed E-state index contributed by atoms with van der Waals surface area (Å²) in [6.07, 6.45) is 12.6. The van der Waals surface area contributed by atoms with Gasteiger partial charge in [0.2, 0.25) is 0 Å². The fourth-order valence-corrected chi connectivity index (χ4v) is 8.27. The average Bonchev–Trinajstić information content (AvgIpc) is 2.91. The van der Waals surface area contributed by atoms with Gasteiger partial charge in [0.15, 0.2) is 0 Å². The summed E-state index contributed by atoms with van der Waals surface area (Å²) in [5.41, 5.74) is 0.963. The second-order valence-electron chi connectivity index (χ2n) is 10.3. The van der Waals surface area contributed by atoms with Gasteiger partial charge in [-0.15, -0.1) is 0 Å². The highest BCUT2D eigenvalue weighted by Crippen LogP contribution is 2.67. The molecule has 6 unspecified atom stereocenters. The third-order valence-electron chi connectivity index (χ3n) is 9.61. The zero-order chi connectivity index (χ0) is 17.1. The van der Waals surface area contributed by atoms with Gasteiger partial charge in [0.05, 0.1) is 12.2 Å². The molecule has 0 aromatic carbocycles. The van der Waals surface area contributed by atoms with E-state index in [1.807, 2.05) is 14.0 Å². The van der Waals surface area contributed by atoms with Gasteiger partial charge in [0, 0.05) is 7.11 Å². The Balaban J connectivity index is 1.58. The molecule has 24 heavy (non-hydrogen) atoms. The summed E-state index contributed by atoms with van der Waals surface area (Å²) < 4.78 is 5.72. The Morgan fingerprint density at radius 1 is 0.917 bits per heavy atom. The van der Waals surface area contributed by atoms with Crippen molar-refractivity contribution in [3.05, 3.63) is 0 Å². The number of aliphatic hydroxyl groups is 1. The molecule has 0 saturated heterocycles. The highest BCUT2D eigenvalue weighted by atomic mass is 16.5. The molecule has 2 nitrogen and oxygen atoms in total. The molecule has 2 heteroatoms. The first-order valence-corrected chi connectivity index (χ1v) is 10.6. The number of aliphatic hydroxyl groups excluding tert-OH is 1. The van der Waals surface area contributed by atoms with Crippen LogP contribution in [-0.4, -0.2) is 24.4 Å². The van der Waals surface area contributed by atoms with Gasteiger partial charge in [-0.1, -0.05) is 13.8 Å². The lowest BCUT2D eigenvalue weighted by Crippen LogP contribution is -2.54. The molecular formula is C22H38O2. The zero-order valence-electron chi connectivity index (χ0n) is 16.3. The predicted molar refractivity (Wildman–Crippen MR) is 97.7 cm³/mol. The molecule has 0 aromatic rings. The first-order chi connectivity index (χ1) is 11.4. The number of hydrogen-bond donors (Lipinski definition) is 1. The molecule has 0 bridgehead atoms. The van der Waals surface area contributed by atoms with Crippen LogP contribution >= 0.6 is 0 Å². The van der Waals surface area contributed by atoms with E-state index >= 15 is 0 Å². The maximum absolute atomic E-state index is 10.3. The van der Waals surface area contributed by atoms with Crippen molar-refractivity contribution in [2.75, 3.05) is 7.11 Å². The smallest absolute Gasteiger partial charge is 0.0574 e. The van der Waals surface area contributed by atoms with Crippen molar-refractivity contribution >= 4 is 0 Å². The topological polar surface area (TPSA) is 29.5 Å². The van der Waals surface area contributed by atoms with Crippen molar-refractivity contribution in [2.24, 2.45) is 40.4 Å².